The topological polar surface area (TPSA) is 62.9 Å². The quantitative estimate of drug-likeness (QED) is 0.231. The first kappa shape index (κ1) is 30.1. The van der Waals surface area contributed by atoms with E-state index in [1.165, 1.54) is 31.4 Å². The largest absolute Gasteiger partial charge is 0.479 e. The molecule has 0 saturated heterocycles. The molecular formula is C31H36F3NO4S. The van der Waals surface area contributed by atoms with Crippen LogP contribution in [0.15, 0.2) is 58.0 Å². The van der Waals surface area contributed by atoms with E-state index in [-0.39, 0.29) is 0 Å². The van der Waals surface area contributed by atoms with Crippen LogP contribution in [0.25, 0.3) is 11.3 Å². The Morgan fingerprint density at radius 3 is 2.45 bits per heavy atom. The standard InChI is InChI=1S/C31H36F3NO4S/c1-4-27(30(36)37)39-28-15-14-25(16-20(28)2)40-19-22-18-38-29(21-10-12-23(13-11-21)31(32,33)34)26(22)17-35(3)24-8-6-5-7-9-24/h10-16,18,24,27H,4-9,17,19H2,1-3H3,(H,36,37). The Kier molecular flexibility index (Phi) is 9.90. The Morgan fingerprint density at radius 1 is 1.15 bits per heavy atom. The smallest absolute Gasteiger partial charge is 0.416 e. The van der Waals surface area contributed by atoms with Gasteiger partial charge in [-0.1, -0.05) is 38.3 Å². The molecule has 5 nitrogen and oxygen atoms in total. The number of carboxylic acids is 1. The van der Waals surface area contributed by atoms with E-state index in [1.54, 1.807) is 31.0 Å². The molecule has 40 heavy (non-hydrogen) atoms. The molecule has 1 aromatic heterocycles. The summed E-state index contributed by atoms with van der Waals surface area (Å²) in [5.74, 6) is 0.770. The monoisotopic (exact) mass is 575 g/mol. The van der Waals surface area contributed by atoms with E-state index in [9.17, 15) is 23.1 Å². The number of aliphatic carboxylic acids is 1. The lowest BCUT2D eigenvalue weighted by Gasteiger charge is -2.31. The van der Waals surface area contributed by atoms with Crippen molar-refractivity contribution in [2.24, 2.45) is 0 Å². The van der Waals surface area contributed by atoms with Gasteiger partial charge in [0, 0.05) is 39.9 Å². The first-order valence-corrected chi connectivity index (χ1v) is 14.7. The van der Waals surface area contributed by atoms with E-state index in [0.717, 1.165) is 46.6 Å². The molecule has 1 heterocycles. The Labute approximate surface area is 237 Å². The van der Waals surface area contributed by atoms with Crippen LogP contribution in [0.1, 0.15) is 67.7 Å². The average Bonchev–Trinajstić information content (AvgIpc) is 3.33. The molecule has 4 rings (SSSR count). The van der Waals surface area contributed by atoms with Gasteiger partial charge in [0.25, 0.3) is 0 Å². The van der Waals surface area contributed by atoms with Crippen molar-refractivity contribution in [1.29, 1.82) is 0 Å². The second kappa shape index (κ2) is 13.2. The Balaban J connectivity index is 1.55. The van der Waals surface area contributed by atoms with Crippen LogP contribution in [-0.2, 0) is 23.3 Å². The summed E-state index contributed by atoms with van der Waals surface area (Å²) in [6, 6.07) is 11.3. The Hall–Kier alpha value is -2.91. The van der Waals surface area contributed by atoms with Crippen LogP contribution in [0, 0.1) is 6.92 Å². The van der Waals surface area contributed by atoms with Gasteiger partial charge in [0.2, 0.25) is 0 Å². The number of aryl methyl sites for hydroxylation is 1. The number of rotatable bonds is 11. The fraction of sp³-hybridized carbons (Fsp3) is 0.452. The normalized spacial score (nSPS) is 15.4. The lowest BCUT2D eigenvalue weighted by molar-refractivity contribution is -0.145. The van der Waals surface area contributed by atoms with E-state index >= 15 is 0 Å². The molecule has 1 aliphatic carbocycles. The van der Waals surface area contributed by atoms with Crippen molar-refractivity contribution in [2.75, 3.05) is 7.05 Å². The molecule has 1 N–H and O–H groups in total. The third-order valence-electron chi connectivity index (χ3n) is 7.52. The molecule has 1 saturated carbocycles. The number of benzene rings is 2. The van der Waals surface area contributed by atoms with Gasteiger partial charge in [0.1, 0.15) is 11.5 Å². The van der Waals surface area contributed by atoms with Crippen LogP contribution >= 0.6 is 11.8 Å². The summed E-state index contributed by atoms with van der Waals surface area (Å²) in [6.45, 7) is 4.30. The minimum absolute atomic E-state index is 0.366. The molecular weight excluding hydrogens is 539 g/mol. The van der Waals surface area contributed by atoms with Crippen molar-refractivity contribution in [1.82, 2.24) is 4.90 Å². The van der Waals surface area contributed by atoms with Crippen LogP contribution in [0.2, 0.25) is 0 Å². The highest BCUT2D eigenvalue weighted by Gasteiger charge is 2.30. The van der Waals surface area contributed by atoms with Crippen LogP contribution < -0.4 is 4.74 Å². The van der Waals surface area contributed by atoms with E-state index in [4.69, 9.17) is 9.15 Å². The average molecular weight is 576 g/mol. The van der Waals surface area contributed by atoms with Crippen LogP contribution in [0.3, 0.4) is 0 Å². The fourth-order valence-electron chi connectivity index (χ4n) is 5.13. The molecule has 0 amide bonds. The second-order valence-electron chi connectivity index (χ2n) is 10.4. The number of nitrogens with zero attached hydrogens (tertiary/aromatic N) is 1. The molecule has 1 atom stereocenters. The summed E-state index contributed by atoms with van der Waals surface area (Å²) in [6.07, 6.45) is 2.75. The number of carboxylic acid groups (broad SMARTS) is 1. The van der Waals surface area contributed by atoms with Crippen molar-refractivity contribution in [2.45, 2.75) is 87.9 Å². The summed E-state index contributed by atoms with van der Waals surface area (Å²) in [4.78, 5) is 14.7. The maximum absolute atomic E-state index is 13.1. The summed E-state index contributed by atoms with van der Waals surface area (Å²) >= 11 is 1.62. The van der Waals surface area contributed by atoms with Crippen molar-refractivity contribution in [3.63, 3.8) is 0 Å². The van der Waals surface area contributed by atoms with Gasteiger partial charge in [0.05, 0.1) is 11.8 Å². The highest BCUT2D eigenvalue weighted by molar-refractivity contribution is 7.98. The zero-order valence-corrected chi connectivity index (χ0v) is 23.9. The summed E-state index contributed by atoms with van der Waals surface area (Å²) < 4.78 is 51.1. The molecule has 3 aromatic rings. The van der Waals surface area contributed by atoms with Gasteiger partial charge in [-0.2, -0.15) is 13.2 Å². The molecule has 1 aliphatic rings. The molecule has 0 spiro atoms. The zero-order valence-electron chi connectivity index (χ0n) is 23.1. The minimum atomic E-state index is -4.39. The maximum atomic E-state index is 13.1. The van der Waals surface area contributed by atoms with E-state index in [1.807, 2.05) is 19.1 Å². The third-order valence-corrected chi connectivity index (χ3v) is 8.56. The predicted octanol–water partition coefficient (Wildman–Crippen LogP) is 8.57. The van der Waals surface area contributed by atoms with Crippen LogP contribution in [-0.4, -0.2) is 35.2 Å². The number of hydrogen-bond acceptors (Lipinski definition) is 5. The number of alkyl halides is 3. The number of thioether (sulfide) groups is 1. The van der Waals surface area contributed by atoms with Gasteiger partial charge < -0.3 is 14.3 Å². The minimum Gasteiger partial charge on any atom is -0.479 e. The summed E-state index contributed by atoms with van der Waals surface area (Å²) in [5, 5.41) is 9.30. The van der Waals surface area contributed by atoms with Crippen LogP contribution in [0.4, 0.5) is 13.2 Å². The molecule has 216 valence electrons. The number of carbonyl (C=O) groups is 1. The van der Waals surface area contributed by atoms with Crippen molar-refractivity contribution < 1.29 is 32.2 Å². The van der Waals surface area contributed by atoms with Gasteiger partial charge in [-0.05, 0) is 69.1 Å². The fourth-order valence-corrected chi connectivity index (χ4v) is 6.12. The number of hydrogen-bond donors (Lipinski definition) is 1. The summed E-state index contributed by atoms with van der Waals surface area (Å²) in [7, 11) is 2.11. The van der Waals surface area contributed by atoms with Gasteiger partial charge in [-0.3, -0.25) is 4.90 Å². The van der Waals surface area contributed by atoms with Crippen molar-refractivity contribution in [3.05, 3.63) is 71.0 Å². The van der Waals surface area contributed by atoms with E-state index in [0.29, 0.717) is 41.8 Å². The second-order valence-corrected chi connectivity index (χ2v) is 11.5. The SMILES string of the molecule is CCC(Oc1ccc(SCc2coc(-c3ccc(C(F)(F)F)cc3)c2CN(C)C2CCCCC2)cc1C)C(=O)O. The predicted molar refractivity (Wildman–Crippen MR) is 151 cm³/mol. The highest BCUT2D eigenvalue weighted by Crippen LogP contribution is 2.37. The summed E-state index contributed by atoms with van der Waals surface area (Å²) in [5.41, 5.74) is 2.77. The van der Waals surface area contributed by atoms with Crippen LogP contribution in [0.5, 0.6) is 5.75 Å². The molecule has 0 bridgehead atoms. The molecule has 1 unspecified atom stereocenters. The number of furan rings is 1. The molecule has 0 aliphatic heterocycles. The maximum Gasteiger partial charge on any atom is 0.416 e. The van der Waals surface area contributed by atoms with E-state index < -0.39 is 23.8 Å². The zero-order chi connectivity index (χ0) is 28.9. The first-order chi connectivity index (χ1) is 19.1. The van der Waals surface area contributed by atoms with Gasteiger partial charge in [-0.25, -0.2) is 4.79 Å². The molecule has 2 aromatic carbocycles. The molecule has 1 fully saturated rings. The Bertz CT molecular complexity index is 1280. The number of ether oxygens (including phenoxy) is 1. The van der Waals surface area contributed by atoms with Crippen molar-refractivity contribution in [3.8, 4) is 17.1 Å². The lowest BCUT2D eigenvalue weighted by atomic mass is 9.94. The number of halogens is 3. The first-order valence-electron chi connectivity index (χ1n) is 13.7. The lowest BCUT2D eigenvalue weighted by Crippen LogP contribution is -2.33. The van der Waals surface area contributed by atoms with Gasteiger partial charge in [-0.15, -0.1) is 11.8 Å². The Morgan fingerprint density at radius 2 is 1.85 bits per heavy atom. The van der Waals surface area contributed by atoms with Gasteiger partial charge >= 0.3 is 12.1 Å². The third kappa shape index (κ3) is 7.43. The van der Waals surface area contributed by atoms with Crippen molar-refractivity contribution >= 4 is 17.7 Å². The molecule has 9 heteroatoms. The highest BCUT2D eigenvalue weighted by atomic mass is 32.2. The van der Waals surface area contributed by atoms with E-state index in [2.05, 4.69) is 11.9 Å². The van der Waals surface area contributed by atoms with Gasteiger partial charge in [0.15, 0.2) is 6.10 Å². The molecule has 0 radical (unpaired) electrons.